The first-order valence-electron chi connectivity index (χ1n) is 7.33. The summed E-state index contributed by atoms with van der Waals surface area (Å²) in [5.74, 6) is 0.0528. The van der Waals surface area contributed by atoms with Gasteiger partial charge in [-0.1, -0.05) is 12.1 Å². The normalized spacial score (nSPS) is 11.7. The topological polar surface area (TPSA) is 72.2 Å². The molecule has 3 rings (SSSR count). The molecule has 0 amide bonds. The molecule has 0 saturated carbocycles. The van der Waals surface area contributed by atoms with Crippen LogP contribution in [0.4, 0.5) is 0 Å². The minimum atomic E-state index is -0.743. The molecule has 0 fully saturated rings. The van der Waals surface area contributed by atoms with E-state index in [2.05, 4.69) is 4.98 Å². The zero-order chi connectivity index (χ0) is 16.9. The Kier molecular flexibility index (Phi) is 4.73. The minimum absolute atomic E-state index is 0.124. The maximum atomic E-state index is 12.0. The number of para-hydroxylation sites is 1. The molecule has 0 N–H and O–H groups in total. The molecule has 0 spiro atoms. The standard InChI is InChI=1S/C18H14N2O3S/c1-12(23-14-8-6-13(10-19)7-9-14)18(21)22-11-17-20-15-4-2-3-5-16(15)24-17/h2-9,12H,11H2,1H3. The average molecular weight is 338 g/mol. The van der Waals surface area contributed by atoms with Crippen LogP contribution in [0.15, 0.2) is 48.5 Å². The van der Waals surface area contributed by atoms with Crippen LogP contribution in [0, 0.1) is 11.3 Å². The van der Waals surface area contributed by atoms with Crippen LogP contribution in [-0.4, -0.2) is 17.1 Å². The molecule has 0 bridgehead atoms. The lowest BCUT2D eigenvalue weighted by Crippen LogP contribution is -2.26. The van der Waals surface area contributed by atoms with E-state index in [1.54, 1.807) is 31.2 Å². The lowest BCUT2D eigenvalue weighted by molar-refractivity contribution is -0.152. The molecule has 6 heteroatoms. The lowest BCUT2D eigenvalue weighted by atomic mass is 10.2. The van der Waals surface area contributed by atoms with Crippen molar-refractivity contribution in [1.29, 1.82) is 5.26 Å². The van der Waals surface area contributed by atoms with Crippen LogP contribution in [0.2, 0.25) is 0 Å². The summed E-state index contributed by atoms with van der Waals surface area (Å²) >= 11 is 1.50. The Morgan fingerprint density at radius 3 is 2.71 bits per heavy atom. The van der Waals surface area contributed by atoms with Gasteiger partial charge in [0.05, 0.1) is 21.8 Å². The fourth-order valence-corrected chi connectivity index (χ4v) is 2.97. The first kappa shape index (κ1) is 16.0. The van der Waals surface area contributed by atoms with Gasteiger partial charge in [-0.25, -0.2) is 9.78 Å². The molecule has 0 saturated heterocycles. The fourth-order valence-electron chi connectivity index (χ4n) is 2.09. The summed E-state index contributed by atoms with van der Waals surface area (Å²) in [4.78, 5) is 16.5. The molecule has 120 valence electrons. The highest BCUT2D eigenvalue weighted by Gasteiger charge is 2.17. The Balaban J connectivity index is 1.56. The Hall–Kier alpha value is -2.91. The second-order valence-electron chi connectivity index (χ2n) is 5.08. The third kappa shape index (κ3) is 3.70. The van der Waals surface area contributed by atoms with Crippen LogP contribution in [0.5, 0.6) is 5.75 Å². The maximum absolute atomic E-state index is 12.0. The van der Waals surface area contributed by atoms with Crippen molar-refractivity contribution in [3.63, 3.8) is 0 Å². The SMILES string of the molecule is CC(Oc1ccc(C#N)cc1)C(=O)OCc1nc2ccccc2s1. The largest absolute Gasteiger partial charge is 0.479 e. The quantitative estimate of drug-likeness (QED) is 0.664. The van der Waals surface area contributed by atoms with E-state index in [1.165, 1.54) is 11.3 Å². The summed E-state index contributed by atoms with van der Waals surface area (Å²) in [5.41, 5.74) is 1.43. The number of fused-ring (bicyclic) bond motifs is 1. The molecule has 2 aromatic carbocycles. The third-order valence-corrected chi connectivity index (χ3v) is 4.31. The summed E-state index contributed by atoms with van der Waals surface area (Å²) in [5, 5.41) is 9.50. The van der Waals surface area contributed by atoms with Gasteiger partial charge in [-0.15, -0.1) is 11.3 Å². The van der Waals surface area contributed by atoms with Crippen molar-refractivity contribution >= 4 is 27.5 Å². The van der Waals surface area contributed by atoms with Crippen LogP contribution >= 0.6 is 11.3 Å². The molecule has 1 aromatic heterocycles. The van der Waals surface area contributed by atoms with E-state index in [9.17, 15) is 4.79 Å². The van der Waals surface area contributed by atoms with Gasteiger partial charge < -0.3 is 9.47 Å². The number of hydrogen-bond acceptors (Lipinski definition) is 6. The highest BCUT2D eigenvalue weighted by Crippen LogP contribution is 2.22. The summed E-state index contributed by atoms with van der Waals surface area (Å²) in [6.45, 7) is 1.75. The molecule has 0 aliphatic heterocycles. The van der Waals surface area contributed by atoms with Gasteiger partial charge in [-0.05, 0) is 43.3 Å². The van der Waals surface area contributed by atoms with Crippen LogP contribution in [0.25, 0.3) is 10.2 Å². The predicted octanol–water partition coefficient (Wildman–Crippen LogP) is 3.68. The molecule has 0 aliphatic carbocycles. The molecule has 3 aromatic rings. The molecule has 1 atom stereocenters. The first-order chi connectivity index (χ1) is 11.7. The van der Waals surface area contributed by atoms with Crippen LogP contribution in [-0.2, 0) is 16.1 Å². The van der Waals surface area contributed by atoms with Crippen LogP contribution in [0.3, 0.4) is 0 Å². The van der Waals surface area contributed by atoms with Crippen LogP contribution in [0.1, 0.15) is 17.5 Å². The second kappa shape index (κ2) is 7.11. The number of carbonyl (C=O) groups excluding carboxylic acids is 1. The van der Waals surface area contributed by atoms with E-state index < -0.39 is 12.1 Å². The van der Waals surface area contributed by atoms with Crippen LogP contribution < -0.4 is 4.74 Å². The monoisotopic (exact) mass is 338 g/mol. The zero-order valence-corrected chi connectivity index (χ0v) is 13.7. The molecular formula is C18H14N2O3S. The number of nitrogens with zero attached hydrogens (tertiary/aromatic N) is 2. The van der Waals surface area contributed by atoms with Gasteiger partial charge in [0, 0.05) is 0 Å². The van der Waals surface area contributed by atoms with E-state index in [1.807, 2.05) is 30.3 Å². The minimum Gasteiger partial charge on any atom is -0.479 e. The summed E-state index contributed by atoms with van der Waals surface area (Å²) in [6.07, 6.45) is -0.743. The predicted molar refractivity (Wildman–Crippen MR) is 90.7 cm³/mol. The van der Waals surface area contributed by atoms with Gasteiger partial charge >= 0.3 is 5.97 Å². The van der Waals surface area contributed by atoms with E-state index in [-0.39, 0.29) is 6.61 Å². The van der Waals surface area contributed by atoms with Gasteiger partial charge in [0.1, 0.15) is 17.4 Å². The highest BCUT2D eigenvalue weighted by atomic mass is 32.1. The lowest BCUT2D eigenvalue weighted by Gasteiger charge is -2.13. The van der Waals surface area contributed by atoms with Gasteiger partial charge in [0.2, 0.25) is 0 Å². The van der Waals surface area contributed by atoms with E-state index in [4.69, 9.17) is 14.7 Å². The third-order valence-electron chi connectivity index (χ3n) is 3.30. The average Bonchev–Trinajstić information content (AvgIpc) is 3.03. The van der Waals surface area contributed by atoms with Gasteiger partial charge in [0.15, 0.2) is 6.10 Å². The molecule has 0 radical (unpaired) electrons. The van der Waals surface area contributed by atoms with Crippen molar-refractivity contribution in [2.45, 2.75) is 19.6 Å². The molecular weight excluding hydrogens is 324 g/mol. The highest BCUT2D eigenvalue weighted by molar-refractivity contribution is 7.18. The molecule has 5 nitrogen and oxygen atoms in total. The first-order valence-corrected chi connectivity index (χ1v) is 8.15. The van der Waals surface area contributed by atoms with Crippen molar-refractivity contribution in [2.24, 2.45) is 0 Å². The van der Waals surface area contributed by atoms with Crippen molar-refractivity contribution < 1.29 is 14.3 Å². The number of rotatable bonds is 5. The number of benzene rings is 2. The maximum Gasteiger partial charge on any atom is 0.347 e. The summed E-state index contributed by atoms with van der Waals surface area (Å²) in [7, 11) is 0. The van der Waals surface area contributed by atoms with Crippen molar-refractivity contribution in [3.8, 4) is 11.8 Å². The smallest absolute Gasteiger partial charge is 0.347 e. The number of carbonyl (C=O) groups is 1. The number of esters is 1. The zero-order valence-electron chi connectivity index (χ0n) is 12.9. The number of aromatic nitrogens is 1. The van der Waals surface area contributed by atoms with Crippen molar-refractivity contribution in [3.05, 3.63) is 59.1 Å². The number of nitriles is 1. The number of thiazole rings is 1. The Morgan fingerprint density at radius 2 is 2.00 bits per heavy atom. The van der Waals surface area contributed by atoms with Gasteiger partial charge in [-0.3, -0.25) is 0 Å². The Bertz CT molecular complexity index is 864. The van der Waals surface area contributed by atoms with E-state index in [0.717, 1.165) is 15.2 Å². The number of ether oxygens (including phenoxy) is 2. The van der Waals surface area contributed by atoms with Crippen molar-refractivity contribution in [2.75, 3.05) is 0 Å². The Labute approximate surface area is 143 Å². The molecule has 1 heterocycles. The van der Waals surface area contributed by atoms with Gasteiger partial charge in [0.25, 0.3) is 0 Å². The summed E-state index contributed by atoms with van der Waals surface area (Å²) in [6, 6.07) is 16.4. The van der Waals surface area contributed by atoms with Crippen molar-refractivity contribution in [1.82, 2.24) is 4.98 Å². The fraction of sp³-hybridized carbons (Fsp3) is 0.167. The molecule has 24 heavy (non-hydrogen) atoms. The van der Waals surface area contributed by atoms with E-state index in [0.29, 0.717) is 11.3 Å². The number of hydrogen-bond donors (Lipinski definition) is 0. The summed E-state index contributed by atoms with van der Waals surface area (Å²) < 4.78 is 11.9. The Morgan fingerprint density at radius 1 is 1.25 bits per heavy atom. The molecule has 0 aliphatic rings. The molecule has 1 unspecified atom stereocenters. The second-order valence-corrected chi connectivity index (χ2v) is 6.19. The van der Waals surface area contributed by atoms with Gasteiger partial charge in [-0.2, -0.15) is 5.26 Å². The van der Waals surface area contributed by atoms with E-state index >= 15 is 0 Å².